The maximum atomic E-state index is 13.9. The molecule has 1 fully saturated rings. The molecule has 0 N–H and O–H groups in total. The van der Waals surface area contributed by atoms with Gasteiger partial charge in [0.2, 0.25) is 5.91 Å². The average molecular weight is 351 g/mol. The SMILES string of the molecule is O=C1CC(c2noc(-c3ccccc3F)n2)CN1CCc1ccccc1. The molecule has 1 atom stereocenters. The van der Waals surface area contributed by atoms with Crippen molar-refractivity contribution >= 4 is 5.91 Å². The van der Waals surface area contributed by atoms with Crippen LogP contribution in [0.15, 0.2) is 59.1 Å². The van der Waals surface area contributed by atoms with Crippen molar-refractivity contribution < 1.29 is 13.7 Å². The summed E-state index contributed by atoms with van der Waals surface area (Å²) in [5.74, 6) is 0.160. The number of hydrogen-bond donors (Lipinski definition) is 0. The second kappa shape index (κ2) is 7.07. The fourth-order valence-corrected chi connectivity index (χ4v) is 3.21. The zero-order valence-corrected chi connectivity index (χ0v) is 14.1. The van der Waals surface area contributed by atoms with Crippen molar-refractivity contribution in [3.63, 3.8) is 0 Å². The first-order chi connectivity index (χ1) is 12.7. The maximum Gasteiger partial charge on any atom is 0.260 e. The third kappa shape index (κ3) is 3.35. The second-order valence-corrected chi connectivity index (χ2v) is 6.41. The molecule has 1 amide bonds. The molecular weight excluding hydrogens is 333 g/mol. The van der Waals surface area contributed by atoms with Crippen molar-refractivity contribution in [1.82, 2.24) is 15.0 Å². The molecule has 5 nitrogen and oxygen atoms in total. The van der Waals surface area contributed by atoms with E-state index in [9.17, 15) is 9.18 Å². The molecule has 0 radical (unpaired) electrons. The van der Waals surface area contributed by atoms with E-state index in [0.29, 0.717) is 25.3 Å². The number of amides is 1. The van der Waals surface area contributed by atoms with Crippen molar-refractivity contribution in [2.75, 3.05) is 13.1 Å². The van der Waals surface area contributed by atoms with E-state index < -0.39 is 5.82 Å². The van der Waals surface area contributed by atoms with Gasteiger partial charge >= 0.3 is 0 Å². The monoisotopic (exact) mass is 351 g/mol. The van der Waals surface area contributed by atoms with Crippen molar-refractivity contribution in [3.05, 3.63) is 71.8 Å². The van der Waals surface area contributed by atoms with E-state index in [0.717, 1.165) is 6.42 Å². The van der Waals surface area contributed by atoms with Crippen LogP contribution in [0, 0.1) is 5.82 Å². The number of likely N-dealkylation sites (tertiary alicyclic amines) is 1. The van der Waals surface area contributed by atoms with E-state index in [1.165, 1.54) is 11.6 Å². The molecule has 0 aliphatic carbocycles. The van der Waals surface area contributed by atoms with Crippen molar-refractivity contribution in [3.8, 4) is 11.5 Å². The number of aromatic nitrogens is 2. The van der Waals surface area contributed by atoms with Crippen LogP contribution in [0.25, 0.3) is 11.5 Å². The topological polar surface area (TPSA) is 59.2 Å². The fraction of sp³-hybridized carbons (Fsp3) is 0.250. The maximum absolute atomic E-state index is 13.9. The van der Waals surface area contributed by atoms with Gasteiger partial charge in [0, 0.05) is 25.4 Å². The van der Waals surface area contributed by atoms with Crippen LogP contribution < -0.4 is 0 Å². The van der Waals surface area contributed by atoms with Crippen LogP contribution in [-0.4, -0.2) is 34.0 Å². The summed E-state index contributed by atoms with van der Waals surface area (Å²) in [5, 5.41) is 3.97. The third-order valence-electron chi connectivity index (χ3n) is 4.64. The number of rotatable bonds is 5. The zero-order valence-electron chi connectivity index (χ0n) is 14.1. The van der Waals surface area contributed by atoms with Gasteiger partial charge in [0.15, 0.2) is 5.82 Å². The van der Waals surface area contributed by atoms with Gasteiger partial charge in [-0.1, -0.05) is 47.6 Å². The Morgan fingerprint density at radius 1 is 1.12 bits per heavy atom. The zero-order chi connectivity index (χ0) is 17.9. The van der Waals surface area contributed by atoms with Crippen molar-refractivity contribution in [1.29, 1.82) is 0 Å². The first-order valence-electron chi connectivity index (χ1n) is 8.61. The Morgan fingerprint density at radius 2 is 1.88 bits per heavy atom. The molecule has 26 heavy (non-hydrogen) atoms. The van der Waals surface area contributed by atoms with Gasteiger partial charge in [0.1, 0.15) is 5.82 Å². The van der Waals surface area contributed by atoms with E-state index in [1.807, 2.05) is 23.1 Å². The first-order valence-corrected chi connectivity index (χ1v) is 8.61. The molecule has 1 aliphatic heterocycles. The number of benzene rings is 2. The first kappa shape index (κ1) is 16.4. The molecular formula is C20H18FN3O2. The van der Waals surface area contributed by atoms with E-state index in [2.05, 4.69) is 22.3 Å². The van der Waals surface area contributed by atoms with Crippen molar-refractivity contribution in [2.24, 2.45) is 0 Å². The quantitative estimate of drug-likeness (QED) is 0.707. The third-order valence-corrected chi connectivity index (χ3v) is 4.64. The summed E-state index contributed by atoms with van der Waals surface area (Å²) in [4.78, 5) is 18.4. The van der Waals surface area contributed by atoms with Gasteiger partial charge in [-0.15, -0.1) is 0 Å². The van der Waals surface area contributed by atoms with Crippen molar-refractivity contribution in [2.45, 2.75) is 18.8 Å². The Balaban J connectivity index is 1.43. The molecule has 2 aromatic carbocycles. The summed E-state index contributed by atoms with van der Waals surface area (Å²) in [6, 6.07) is 16.3. The molecule has 0 spiro atoms. The predicted octanol–water partition coefficient (Wildman–Crippen LogP) is 3.43. The van der Waals surface area contributed by atoms with E-state index in [4.69, 9.17) is 4.52 Å². The summed E-state index contributed by atoms with van der Waals surface area (Å²) >= 11 is 0. The number of carbonyl (C=O) groups excluding carboxylic acids is 1. The van der Waals surface area contributed by atoms with Crippen LogP contribution in [0.3, 0.4) is 0 Å². The minimum absolute atomic E-state index is 0.0863. The highest BCUT2D eigenvalue weighted by Crippen LogP contribution is 2.29. The van der Waals surface area contributed by atoms with Crippen LogP contribution in [-0.2, 0) is 11.2 Å². The summed E-state index contributed by atoms with van der Waals surface area (Å²) in [5.41, 5.74) is 1.47. The van der Waals surface area contributed by atoms with Crippen LogP contribution >= 0.6 is 0 Å². The number of nitrogens with zero attached hydrogens (tertiary/aromatic N) is 3. The predicted molar refractivity (Wildman–Crippen MR) is 93.8 cm³/mol. The highest BCUT2D eigenvalue weighted by Gasteiger charge is 2.33. The number of halogens is 1. The fourth-order valence-electron chi connectivity index (χ4n) is 3.21. The lowest BCUT2D eigenvalue weighted by atomic mass is 10.1. The molecule has 6 heteroatoms. The minimum atomic E-state index is -0.408. The standard InChI is InChI=1S/C20H18FN3O2/c21-17-9-5-4-8-16(17)20-22-19(23-26-20)15-12-18(25)24(13-15)11-10-14-6-2-1-3-7-14/h1-9,15H,10-13H2. The molecule has 4 rings (SSSR count). The van der Waals surface area contributed by atoms with Crippen LogP contribution in [0.2, 0.25) is 0 Å². The molecule has 2 heterocycles. The molecule has 3 aromatic rings. The normalized spacial score (nSPS) is 17.0. The average Bonchev–Trinajstić information content (AvgIpc) is 3.28. The summed E-state index contributed by atoms with van der Waals surface area (Å²) in [6.07, 6.45) is 1.16. The highest BCUT2D eigenvalue weighted by molar-refractivity contribution is 5.79. The van der Waals surface area contributed by atoms with E-state index >= 15 is 0 Å². The minimum Gasteiger partial charge on any atom is -0.342 e. The van der Waals surface area contributed by atoms with Gasteiger partial charge in [-0.05, 0) is 24.1 Å². The summed E-state index contributed by atoms with van der Waals surface area (Å²) in [6.45, 7) is 1.22. The Morgan fingerprint density at radius 3 is 2.69 bits per heavy atom. The van der Waals surface area contributed by atoms with E-state index in [1.54, 1.807) is 18.2 Å². The molecule has 1 unspecified atom stereocenters. The Kier molecular flexibility index (Phi) is 4.48. The molecule has 0 saturated carbocycles. The highest BCUT2D eigenvalue weighted by atomic mass is 19.1. The van der Waals surface area contributed by atoms with Gasteiger partial charge in [-0.25, -0.2) is 4.39 Å². The van der Waals surface area contributed by atoms with Crippen LogP contribution in [0.1, 0.15) is 23.7 Å². The molecule has 1 aliphatic rings. The van der Waals surface area contributed by atoms with E-state index in [-0.39, 0.29) is 23.3 Å². The lowest BCUT2D eigenvalue weighted by Gasteiger charge is -2.15. The largest absolute Gasteiger partial charge is 0.342 e. The number of hydrogen-bond acceptors (Lipinski definition) is 4. The van der Waals surface area contributed by atoms with Gasteiger partial charge in [0.25, 0.3) is 5.89 Å². The molecule has 1 saturated heterocycles. The molecule has 1 aromatic heterocycles. The Bertz CT molecular complexity index is 910. The van der Waals surface area contributed by atoms with Gasteiger partial charge < -0.3 is 9.42 Å². The van der Waals surface area contributed by atoms with Gasteiger partial charge in [-0.3, -0.25) is 4.79 Å². The van der Waals surface area contributed by atoms with Crippen LogP contribution in [0.4, 0.5) is 4.39 Å². The molecule has 0 bridgehead atoms. The summed E-state index contributed by atoms with van der Waals surface area (Å²) in [7, 11) is 0. The lowest BCUT2D eigenvalue weighted by molar-refractivity contribution is -0.127. The van der Waals surface area contributed by atoms with Gasteiger partial charge in [0.05, 0.1) is 5.56 Å². The molecule has 132 valence electrons. The Labute approximate surface area is 150 Å². The second-order valence-electron chi connectivity index (χ2n) is 6.41. The lowest BCUT2D eigenvalue weighted by Crippen LogP contribution is -2.27. The van der Waals surface area contributed by atoms with Gasteiger partial charge in [-0.2, -0.15) is 4.98 Å². The number of carbonyl (C=O) groups is 1. The smallest absolute Gasteiger partial charge is 0.260 e. The Hall–Kier alpha value is -3.02. The summed E-state index contributed by atoms with van der Waals surface area (Å²) < 4.78 is 19.1. The van der Waals surface area contributed by atoms with Crippen LogP contribution in [0.5, 0.6) is 0 Å².